The summed E-state index contributed by atoms with van der Waals surface area (Å²) in [4.78, 5) is 20.5. The number of likely N-dealkylation sites (N-methyl/N-ethyl adjacent to an activating group) is 1. The summed E-state index contributed by atoms with van der Waals surface area (Å²) in [6.45, 7) is 1.00. The van der Waals surface area contributed by atoms with Crippen LogP contribution in [-0.2, 0) is 6.54 Å². The van der Waals surface area contributed by atoms with Gasteiger partial charge in [0.05, 0.1) is 6.04 Å². The minimum absolute atomic E-state index is 0.165. The second kappa shape index (κ2) is 8.65. The van der Waals surface area contributed by atoms with E-state index >= 15 is 0 Å². The lowest BCUT2D eigenvalue weighted by Gasteiger charge is -2.24. The van der Waals surface area contributed by atoms with Gasteiger partial charge in [0.1, 0.15) is 5.82 Å². The van der Waals surface area contributed by atoms with Gasteiger partial charge in [-0.25, -0.2) is 9.78 Å². The molecule has 6 nitrogen and oxygen atoms in total. The summed E-state index contributed by atoms with van der Waals surface area (Å²) in [5.41, 5.74) is 2.20. The summed E-state index contributed by atoms with van der Waals surface area (Å²) >= 11 is 1.66. The van der Waals surface area contributed by atoms with E-state index < -0.39 is 0 Å². The van der Waals surface area contributed by atoms with Crippen LogP contribution in [-0.4, -0.2) is 50.7 Å². The molecular formula is C17H25N5OS. The van der Waals surface area contributed by atoms with E-state index in [2.05, 4.69) is 37.3 Å². The number of carbonyl (C=O) groups excluding carboxylic acids is 1. The lowest BCUT2D eigenvalue weighted by molar-refractivity contribution is 0.232. The smallest absolute Gasteiger partial charge is 0.315 e. The van der Waals surface area contributed by atoms with Crippen LogP contribution in [0.2, 0.25) is 0 Å². The van der Waals surface area contributed by atoms with E-state index in [0.717, 1.165) is 11.4 Å². The van der Waals surface area contributed by atoms with Crippen LogP contribution < -0.4 is 15.5 Å². The fraction of sp³-hybridized carbons (Fsp3) is 0.412. The van der Waals surface area contributed by atoms with E-state index in [0.29, 0.717) is 13.1 Å². The third-order valence-corrected chi connectivity index (χ3v) is 4.44. The Kier molecular flexibility index (Phi) is 6.57. The number of urea groups is 1. The lowest BCUT2D eigenvalue weighted by atomic mass is 10.1. The van der Waals surface area contributed by atoms with Gasteiger partial charge in [-0.05, 0) is 42.6 Å². The SMILES string of the molecule is CN(C)c1ncccc1CNC(=O)NC[C@@H](c1ccsc1)N(C)C. The summed E-state index contributed by atoms with van der Waals surface area (Å²) in [6, 6.07) is 5.92. The number of carbonyl (C=O) groups is 1. The van der Waals surface area contributed by atoms with E-state index in [1.165, 1.54) is 5.56 Å². The number of amides is 2. The van der Waals surface area contributed by atoms with Crippen LogP contribution >= 0.6 is 11.3 Å². The van der Waals surface area contributed by atoms with Crippen LogP contribution in [0.4, 0.5) is 10.6 Å². The zero-order valence-electron chi connectivity index (χ0n) is 14.6. The molecule has 0 aromatic carbocycles. The molecule has 130 valence electrons. The standard InChI is InChI=1S/C17H25N5OS/c1-21(2)15(14-7-9-24-12-14)11-20-17(23)19-10-13-6-5-8-18-16(13)22(3)4/h5-9,12,15H,10-11H2,1-4H3,(H2,19,20,23)/t15-/m0/s1. The average molecular weight is 347 g/mol. The first-order valence-electron chi connectivity index (χ1n) is 7.80. The molecule has 7 heteroatoms. The number of thiophene rings is 1. The Labute approximate surface area is 147 Å². The highest BCUT2D eigenvalue weighted by molar-refractivity contribution is 7.07. The molecular weight excluding hydrogens is 322 g/mol. The molecule has 24 heavy (non-hydrogen) atoms. The van der Waals surface area contributed by atoms with Crippen LogP contribution in [0.3, 0.4) is 0 Å². The van der Waals surface area contributed by atoms with Gasteiger partial charge < -0.3 is 20.4 Å². The van der Waals surface area contributed by atoms with Gasteiger partial charge in [0, 0.05) is 38.9 Å². The molecule has 0 saturated carbocycles. The molecule has 2 heterocycles. The molecule has 0 saturated heterocycles. The van der Waals surface area contributed by atoms with Crippen LogP contribution in [0.5, 0.6) is 0 Å². The fourth-order valence-electron chi connectivity index (χ4n) is 2.46. The molecule has 0 aliphatic rings. The maximum Gasteiger partial charge on any atom is 0.315 e. The van der Waals surface area contributed by atoms with Crippen LogP contribution in [0.15, 0.2) is 35.2 Å². The highest BCUT2D eigenvalue weighted by Gasteiger charge is 2.15. The van der Waals surface area contributed by atoms with Gasteiger partial charge in [-0.3, -0.25) is 0 Å². The topological polar surface area (TPSA) is 60.5 Å². The second-order valence-electron chi connectivity index (χ2n) is 5.98. The normalized spacial score (nSPS) is 12.0. The number of hydrogen-bond donors (Lipinski definition) is 2. The van der Waals surface area contributed by atoms with Gasteiger partial charge in [-0.1, -0.05) is 6.07 Å². The number of hydrogen-bond acceptors (Lipinski definition) is 5. The Morgan fingerprint density at radius 1 is 1.25 bits per heavy atom. The zero-order chi connectivity index (χ0) is 17.5. The minimum Gasteiger partial charge on any atom is -0.362 e. The fourth-order valence-corrected chi connectivity index (χ4v) is 3.17. The number of nitrogens with one attached hydrogen (secondary N) is 2. The molecule has 0 fully saturated rings. The largest absolute Gasteiger partial charge is 0.362 e. The Bertz CT molecular complexity index is 642. The summed E-state index contributed by atoms with van der Waals surface area (Å²) < 4.78 is 0. The summed E-state index contributed by atoms with van der Waals surface area (Å²) in [7, 11) is 7.91. The number of nitrogens with zero attached hydrogens (tertiary/aromatic N) is 3. The number of anilines is 1. The lowest BCUT2D eigenvalue weighted by Crippen LogP contribution is -2.40. The summed E-state index contributed by atoms with van der Waals surface area (Å²) in [6.07, 6.45) is 1.75. The summed E-state index contributed by atoms with van der Waals surface area (Å²) in [5.74, 6) is 0.863. The third-order valence-electron chi connectivity index (χ3n) is 3.74. The van der Waals surface area contributed by atoms with Crippen LogP contribution in [0.1, 0.15) is 17.2 Å². The van der Waals surface area contributed by atoms with E-state index in [4.69, 9.17) is 0 Å². The van der Waals surface area contributed by atoms with E-state index in [1.807, 2.05) is 45.2 Å². The third kappa shape index (κ3) is 4.94. The molecule has 0 spiro atoms. The van der Waals surface area contributed by atoms with Gasteiger partial charge in [-0.2, -0.15) is 11.3 Å². The molecule has 0 aliphatic heterocycles. The summed E-state index contributed by atoms with van der Waals surface area (Å²) in [5, 5.41) is 10.0. The number of pyridine rings is 1. The highest BCUT2D eigenvalue weighted by Crippen LogP contribution is 2.20. The van der Waals surface area contributed by atoms with Crippen molar-refractivity contribution in [2.45, 2.75) is 12.6 Å². The van der Waals surface area contributed by atoms with Crippen molar-refractivity contribution in [2.75, 3.05) is 39.6 Å². The number of aromatic nitrogens is 1. The Morgan fingerprint density at radius 3 is 2.67 bits per heavy atom. The molecule has 2 aromatic heterocycles. The number of rotatable bonds is 7. The van der Waals surface area contributed by atoms with Crippen molar-refractivity contribution >= 4 is 23.2 Å². The van der Waals surface area contributed by atoms with E-state index in [1.54, 1.807) is 17.5 Å². The predicted octanol–water partition coefficient (Wildman–Crippen LogP) is 2.31. The van der Waals surface area contributed by atoms with Gasteiger partial charge in [0.2, 0.25) is 0 Å². The Balaban J connectivity index is 1.87. The van der Waals surface area contributed by atoms with E-state index in [-0.39, 0.29) is 12.1 Å². The molecule has 0 bridgehead atoms. The second-order valence-corrected chi connectivity index (χ2v) is 6.76. The van der Waals surface area contributed by atoms with Crippen molar-refractivity contribution in [3.8, 4) is 0 Å². The average Bonchev–Trinajstić information content (AvgIpc) is 3.07. The molecule has 1 atom stereocenters. The first-order valence-corrected chi connectivity index (χ1v) is 8.74. The van der Waals surface area contributed by atoms with Crippen molar-refractivity contribution in [3.63, 3.8) is 0 Å². The maximum absolute atomic E-state index is 12.1. The molecule has 2 amide bonds. The molecule has 0 radical (unpaired) electrons. The van der Waals surface area contributed by atoms with Crippen molar-refractivity contribution in [1.29, 1.82) is 0 Å². The zero-order valence-corrected chi connectivity index (χ0v) is 15.4. The molecule has 2 rings (SSSR count). The van der Waals surface area contributed by atoms with Crippen molar-refractivity contribution in [2.24, 2.45) is 0 Å². The molecule has 2 N–H and O–H groups in total. The molecule has 2 aromatic rings. The first kappa shape index (κ1) is 18.2. The predicted molar refractivity (Wildman–Crippen MR) is 99.5 cm³/mol. The minimum atomic E-state index is -0.175. The van der Waals surface area contributed by atoms with Gasteiger partial charge in [0.25, 0.3) is 0 Å². The van der Waals surface area contributed by atoms with Crippen LogP contribution in [0.25, 0.3) is 0 Å². The Morgan fingerprint density at radius 2 is 2.04 bits per heavy atom. The van der Waals surface area contributed by atoms with Crippen molar-refractivity contribution in [1.82, 2.24) is 20.5 Å². The van der Waals surface area contributed by atoms with Crippen LogP contribution in [0, 0.1) is 0 Å². The van der Waals surface area contributed by atoms with Crippen molar-refractivity contribution < 1.29 is 4.79 Å². The van der Waals surface area contributed by atoms with Gasteiger partial charge >= 0.3 is 6.03 Å². The maximum atomic E-state index is 12.1. The highest BCUT2D eigenvalue weighted by atomic mass is 32.1. The first-order chi connectivity index (χ1) is 11.5. The van der Waals surface area contributed by atoms with E-state index in [9.17, 15) is 4.79 Å². The Hall–Kier alpha value is -2.12. The quantitative estimate of drug-likeness (QED) is 0.807. The molecule has 0 aliphatic carbocycles. The van der Waals surface area contributed by atoms with Gasteiger partial charge in [0.15, 0.2) is 0 Å². The van der Waals surface area contributed by atoms with Gasteiger partial charge in [-0.15, -0.1) is 0 Å². The van der Waals surface area contributed by atoms with Crippen molar-refractivity contribution in [3.05, 3.63) is 46.3 Å². The molecule has 0 unspecified atom stereocenters. The monoisotopic (exact) mass is 347 g/mol.